The van der Waals surface area contributed by atoms with Gasteiger partial charge < -0.3 is 24.4 Å². The van der Waals surface area contributed by atoms with Crippen molar-refractivity contribution in [3.8, 4) is 11.5 Å². The Bertz CT molecular complexity index is 1060. The van der Waals surface area contributed by atoms with Crippen LogP contribution in [0.15, 0.2) is 30.3 Å². The smallest absolute Gasteiger partial charge is 0.293 e. The van der Waals surface area contributed by atoms with Gasteiger partial charge in [-0.2, -0.15) is 0 Å². The minimum atomic E-state index is -0.965. The average Bonchev–Trinajstić information content (AvgIpc) is 2.82. The van der Waals surface area contributed by atoms with E-state index in [9.17, 15) is 20.0 Å². The lowest BCUT2D eigenvalue weighted by molar-refractivity contribution is -0.384. The van der Waals surface area contributed by atoms with Gasteiger partial charge in [0.1, 0.15) is 23.3 Å². The van der Waals surface area contributed by atoms with Crippen LogP contribution in [-0.4, -0.2) is 54.7 Å². The average molecular weight is 456 g/mol. The van der Waals surface area contributed by atoms with Gasteiger partial charge in [0.2, 0.25) is 0 Å². The maximum atomic E-state index is 13.3. The van der Waals surface area contributed by atoms with Gasteiger partial charge in [-0.25, -0.2) is 0 Å². The van der Waals surface area contributed by atoms with Gasteiger partial charge in [-0.3, -0.25) is 14.9 Å². The van der Waals surface area contributed by atoms with E-state index in [2.05, 4.69) is 6.92 Å². The fraction of sp³-hybridized carbons (Fsp3) is 0.458. The number of hydrogen-bond acceptors (Lipinski definition) is 7. The highest BCUT2D eigenvalue weighted by Gasteiger charge is 2.33. The number of nitro groups is 1. The molecule has 1 fully saturated rings. The van der Waals surface area contributed by atoms with Crippen LogP contribution in [0.1, 0.15) is 47.4 Å². The van der Waals surface area contributed by atoms with Crippen LogP contribution in [0.4, 0.5) is 11.4 Å². The summed E-state index contributed by atoms with van der Waals surface area (Å²) in [6.07, 6.45) is 0.995. The molecule has 9 nitrogen and oxygen atoms in total. The number of hydrogen-bond donors (Lipinski definition) is 1. The van der Waals surface area contributed by atoms with Crippen LogP contribution in [0.25, 0.3) is 0 Å². The first-order valence-electron chi connectivity index (χ1n) is 11.1. The van der Waals surface area contributed by atoms with Crippen LogP contribution in [0.2, 0.25) is 0 Å². The predicted molar refractivity (Wildman–Crippen MR) is 123 cm³/mol. The third-order valence-electron chi connectivity index (χ3n) is 6.62. The molecule has 1 amide bonds. The Kier molecular flexibility index (Phi) is 6.42. The lowest BCUT2D eigenvalue weighted by Crippen LogP contribution is -2.38. The number of β-amino-alcohol motifs (C(OH)–C–C–N with tert-alkyl or cyclic N) is 1. The second-order valence-corrected chi connectivity index (χ2v) is 8.69. The number of methoxy groups -OCH3 is 2. The first kappa shape index (κ1) is 22.8. The molecule has 0 aromatic heterocycles. The van der Waals surface area contributed by atoms with Crippen LogP contribution < -0.4 is 14.4 Å². The first-order chi connectivity index (χ1) is 15.8. The van der Waals surface area contributed by atoms with E-state index in [0.29, 0.717) is 34.2 Å². The molecule has 2 aromatic rings. The normalized spacial score (nSPS) is 18.6. The topological polar surface area (TPSA) is 105 Å². The molecule has 33 heavy (non-hydrogen) atoms. The van der Waals surface area contributed by atoms with Gasteiger partial charge in [-0.15, -0.1) is 0 Å². The molecular weight excluding hydrogens is 426 g/mol. The summed E-state index contributed by atoms with van der Waals surface area (Å²) in [7, 11) is 3.05. The van der Waals surface area contributed by atoms with Crippen LogP contribution in [0, 0.1) is 16.0 Å². The number of nitrogens with zero attached hydrogens (tertiary/aromatic N) is 3. The number of aliphatic hydroxyl groups is 1. The van der Waals surface area contributed by atoms with Crippen LogP contribution in [0.3, 0.4) is 0 Å². The minimum absolute atomic E-state index is 0.0505. The Balaban J connectivity index is 1.64. The Morgan fingerprint density at radius 2 is 1.79 bits per heavy atom. The van der Waals surface area contributed by atoms with Crippen molar-refractivity contribution in [3.05, 3.63) is 57.1 Å². The number of fused-ring (bicyclic) bond motifs is 1. The zero-order valence-electron chi connectivity index (χ0n) is 19.1. The molecule has 176 valence electrons. The van der Waals surface area contributed by atoms with E-state index in [1.54, 1.807) is 24.3 Å². The van der Waals surface area contributed by atoms with E-state index in [1.165, 1.54) is 25.2 Å². The van der Waals surface area contributed by atoms with Crippen molar-refractivity contribution >= 4 is 17.3 Å². The molecule has 0 unspecified atom stereocenters. The van der Waals surface area contributed by atoms with Crippen LogP contribution in [0.5, 0.6) is 11.5 Å². The number of amides is 1. The molecule has 2 aliphatic heterocycles. The van der Waals surface area contributed by atoms with Gasteiger partial charge in [0, 0.05) is 35.8 Å². The molecule has 2 aromatic carbocycles. The minimum Gasteiger partial charge on any atom is -0.496 e. The standard InChI is InChI=1S/C24H29N3O6/c1-15-8-10-25(11-9-15)18-5-4-16(12-19(18)27(30)31)24(29)26-13-17-21(32-2)6-7-22(33-3)23(17)20(28)14-26/h4-7,12,15,20,28H,8-11,13-14H2,1-3H3/t20-/m0/s1. The predicted octanol–water partition coefficient (Wildman–Crippen LogP) is 3.54. The van der Waals surface area contributed by atoms with Crippen LogP contribution >= 0.6 is 0 Å². The Morgan fingerprint density at radius 1 is 1.12 bits per heavy atom. The monoisotopic (exact) mass is 455 g/mol. The van der Waals surface area contributed by atoms with E-state index < -0.39 is 11.0 Å². The van der Waals surface area contributed by atoms with E-state index in [-0.39, 0.29) is 30.2 Å². The summed E-state index contributed by atoms with van der Waals surface area (Å²) in [4.78, 5) is 28.2. The molecule has 1 N–H and O–H groups in total. The molecule has 0 aliphatic carbocycles. The van der Waals surface area contributed by atoms with Crippen LogP contribution in [-0.2, 0) is 6.54 Å². The lowest BCUT2D eigenvalue weighted by atomic mass is 9.94. The lowest BCUT2D eigenvalue weighted by Gasteiger charge is -2.34. The fourth-order valence-electron chi connectivity index (χ4n) is 4.73. The summed E-state index contributed by atoms with van der Waals surface area (Å²) in [5.41, 5.74) is 1.94. The number of aliphatic hydroxyl groups excluding tert-OH is 1. The fourth-order valence-corrected chi connectivity index (χ4v) is 4.73. The summed E-state index contributed by atoms with van der Waals surface area (Å²) in [5, 5.41) is 22.6. The third kappa shape index (κ3) is 4.32. The van der Waals surface area contributed by atoms with Crippen molar-refractivity contribution in [2.24, 2.45) is 5.92 Å². The van der Waals surface area contributed by atoms with Crippen molar-refractivity contribution in [1.82, 2.24) is 4.90 Å². The maximum Gasteiger partial charge on any atom is 0.293 e. The highest BCUT2D eigenvalue weighted by atomic mass is 16.6. The van der Waals surface area contributed by atoms with E-state index in [4.69, 9.17) is 9.47 Å². The molecule has 0 spiro atoms. The zero-order valence-corrected chi connectivity index (χ0v) is 19.1. The Hall–Kier alpha value is -3.33. The molecule has 4 rings (SSSR count). The highest BCUT2D eigenvalue weighted by molar-refractivity contribution is 5.96. The number of nitro benzene ring substituents is 1. The SMILES string of the molecule is COc1ccc(OC)c2c1CN(C(=O)c1ccc(N3CCC(C)CC3)c([N+](=O)[O-])c1)C[C@@H]2O. The second kappa shape index (κ2) is 9.27. The van der Waals surface area contributed by atoms with Gasteiger partial charge in [-0.1, -0.05) is 6.92 Å². The first-order valence-corrected chi connectivity index (χ1v) is 11.1. The number of ether oxygens (including phenoxy) is 2. The van der Waals surface area contributed by atoms with E-state index in [0.717, 1.165) is 25.9 Å². The highest BCUT2D eigenvalue weighted by Crippen LogP contribution is 2.40. The summed E-state index contributed by atoms with van der Waals surface area (Å²) in [6, 6.07) is 8.10. The third-order valence-corrected chi connectivity index (χ3v) is 6.62. The summed E-state index contributed by atoms with van der Waals surface area (Å²) in [6.45, 7) is 3.95. The number of piperidine rings is 1. The van der Waals surface area contributed by atoms with Gasteiger partial charge in [0.15, 0.2) is 0 Å². The number of anilines is 1. The summed E-state index contributed by atoms with van der Waals surface area (Å²) >= 11 is 0. The second-order valence-electron chi connectivity index (χ2n) is 8.69. The number of rotatable bonds is 5. The largest absolute Gasteiger partial charge is 0.496 e. The van der Waals surface area contributed by atoms with Gasteiger partial charge in [0.25, 0.3) is 11.6 Å². The number of carbonyl (C=O) groups excluding carboxylic acids is 1. The van der Waals surface area contributed by atoms with Crippen molar-refractivity contribution in [3.63, 3.8) is 0 Å². The van der Waals surface area contributed by atoms with Gasteiger partial charge in [-0.05, 0) is 43.0 Å². The van der Waals surface area contributed by atoms with Crippen molar-refractivity contribution in [2.75, 3.05) is 38.8 Å². The summed E-state index contributed by atoms with van der Waals surface area (Å²) < 4.78 is 10.8. The maximum absolute atomic E-state index is 13.3. The van der Waals surface area contributed by atoms with Gasteiger partial charge in [0.05, 0.1) is 32.2 Å². The number of benzene rings is 2. The molecule has 1 atom stereocenters. The summed E-state index contributed by atoms with van der Waals surface area (Å²) in [5.74, 6) is 1.29. The van der Waals surface area contributed by atoms with Crippen molar-refractivity contribution in [2.45, 2.75) is 32.4 Å². The molecule has 0 saturated carbocycles. The quantitative estimate of drug-likeness (QED) is 0.543. The van der Waals surface area contributed by atoms with E-state index >= 15 is 0 Å². The molecule has 0 bridgehead atoms. The van der Waals surface area contributed by atoms with E-state index in [1.807, 2.05) is 4.90 Å². The molecule has 0 radical (unpaired) electrons. The molecule has 1 saturated heterocycles. The molecular formula is C24H29N3O6. The van der Waals surface area contributed by atoms with Crippen molar-refractivity contribution in [1.29, 1.82) is 0 Å². The number of carbonyl (C=O) groups is 1. The molecule has 9 heteroatoms. The zero-order chi connectivity index (χ0) is 23.7. The molecule has 2 heterocycles. The Labute approximate surface area is 192 Å². The van der Waals surface area contributed by atoms with Gasteiger partial charge >= 0.3 is 0 Å². The Morgan fingerprint density at radius 3 is 2.42 bits per heavy atom. The van der Waals surface area contributed by atoms with Crippen molar-refractivity contribution < 1.29 is 24.3 Å². The molecule has 2 aliphatic rings.